The molecule has 1 atom stereocenters. The van der Waals surface area contributed by atoms with E-state index in [0.29, 0.717) is 0 Å². The van der Waals surface area contributed by atoms with Gasteiger partial charge < -0.3 is 15.0 Å². The van der Waals surface area contributed by atoms with Gasteiger partial charge in [0.1, 0.15) is 11.6 Å². The van der Waals surface area contributed by atoms with Gasteiger partial charge in [-0.1, -0.05) is 6.07 Å². The minimum Gasteiger partial charge on any atom is -0.478 e. The van der Waals surface area contributed by atoms with E-state index in [9.17, 15) is 0 Å². The first-order valence-electron chi connectivity index (χ1n) is 6.42. The van der Waals surface area contributed by atoms with Crippen molar-refractivity contribution in [3.63, 3.8) is 0 Å². The van der Waals surface area contributed by atoms with E-state index < -0.39 is 0 Å². The Kier molecular flexibility index (Phi) is 2.65. The van der Waals surface area contributed by atoms with Crippen LogP contribution in [0, 0.1) is 13.8 Å². The molecule has 96 valence electrons. The summed E-state index contributed by atoms with van der Waals surface area (Å²) in [6.45, 7) is 6.86. The lowest BCUT2D eigenvalue weighted by molar-refractivity contribution is 0.254. The predicted octanol–water partition coefficient (Wildman–Crippen LogP) is 1.50. The fourth-order valence-corrected chi connectivity index (χ4v) is 2.67. The third kappa shape index (κ3) is 1.82. The number of rotatable bonds is 1. The highest BCUT2D eigenvalue weighted by atomic mass is 16.5. The smallest absolute Gasteiger partial charge is 0.173 e. The van der Waals surface area contributed by atoms with E-state index in [0.717, 1.165) is 31.2 Å². The third-order valence-corrected chi connectivity index (χ3v) is 3.52. The summed E-state index contributed by atoms with van der Waals surface area (Å²) >= 11 is 0. The largest absolute Gasteiger partial charge is 0.478 e. The van der Waals surface area contributed by atoms with Crippen molar-refractivity contribution >= 4 is 11.5 Å². The van der Waals surface area contributed by atoms with E-state index in [1.54, 1.807) is 0 Å². The molecule has 0 bridgehead atoms. The Hall–Kier alpha value is -1.71. The van der Waals surface area contributed by atoms with Crippen molar-refractivity contribution < 1.29 is 4.74 Å². The molecule has 0 fully saturated rings. The highest BCUT2D eigenvalue weighted by molar-refractivity contribution is 5.89. The zero-order valence-electron chi connectivity index (χ0n) is 11.2. The van der Waals surface area contributed by atoms with Crippen molar-refractivity contribution in [3.05, 3.63) is 23.3 Å². The van der Waals surface area contributed by atoms with Crippen molar-refractivity contribution in [3.8, 4) is 5.75 Å². The summed E-state index contributed by atoms with van der Waals surface area (Å²) in [6, 6.07) is 4.35. The zero-order chi connectivity index (χ0) is 12.7. The Morgan fingerprint density at radius 2 is 2.22 bits per heavy atom. The molecule has 18 heavy (non-hydrogen) atoms. The second-order valence-corrected chi connectivity index (χ2v) is 5.11. The molecule has 4 nitrogen and oxygen atoms in total. The van der Waals surface area contributed by atoms with Crippen molar-refractivity contribution in [2.24, 2.45) is 4.99 Å². The van der Waals surface area contributed by atoms with Crippen LogP contribution in [0.25, 0.3) is 0 Å². The second-order valence-electron chi connectivity index (χ2n) is 5.11. The number of amidine groups is 1. The van der Waals surface area contributed by atoms with Gasteiger partial charge in [0.05, 0.1) is 18.8 Å². The minimum absolute atomic E-state index is 0.0337. The molecular weight excluding hydrogens is 226 g/mol. The van der Waals surface area contributed by atoms with Gasteiger partial charge >= 0.3 is 0 Å². The minimum atomic E-state index is 0.0337. The van der Waals surface area contributed by atoms with Crippen LogP contribution >= 0.6 is 0 Å². The fourth-order valence-electron chi connectivity index (χ4n) is 2.67. The number of likely N-dealkylation sites (N-methyl/N-ethyl adjacent to an activating group) is 1. The van der Waals surface area contributed by atoms with Gasteiger partial charge in [0.15, 0.2) is 6.10 Å². The van der Waals surface area contributed by atoms with Gasteiger partial charge in [-0.2, -0.15) is 0 Å². The van der Waals surface area contributed by atoms with E-state index in [2.05, 4.69) is 48.2 Å². The van der Waals surface area contributed by atoms with Gasteiger partial charge in [0, 0.05) is 13.6 Å². The monoisotopic (exact) mass is 245 g/mol. The number of benzene rings is 1. The molecule has 4 heteroatoms. The van der Waals surface area contributed by atoms with E-state index in [-0.39, 0.29) is 6.10 Å². The lowest BCUT2D eigenvalue weighted by Gasteiger charge is -2.35. The van der Waals surface area contributed by atoms with E-state index in [1.165, 1.54) is 16.8 Å². The maximum atomic E-state index is 6.14. The second kappa shape index (κ2) is 4.19. The highest BCUT2D eigenvalue weighted by Crippen LogP contribution is 2.36. The van der Waals surface area contributed by atoms with Crippen LogP contribution in [0.3, 0.4) is 0 Å². The van der Waals surface area contributed by atoms with E-state index in [1.807, 2.05) is 0 Å². The molecule has 2 aliphatic heterocycles. The molecule has 0 saturated carbocycles. The molecule has 1 aromatic carbocycles. The first kappa shape index (κ1) is 11.4. The maximum absolute atomic E-state index is 6.14. The molecule has 0 amide bonds. The number of fused-ring (bicyclic) bond motifs is 1. The standard InChI is InChI=1S/C14H19N3O/c1-9-6-10(2)13-11(7-9)17(3)8-12(18-13)14-15-4-5-16-14/h6-7,12H,4-5,8H2,1-3H3,(H,15,16). The Labute approximate surface area is 108 Å². The molecule has 0 aromatic heterocycles. The van der Waals surface area contributed by atoms with Crippen LogP contribution in [0.1, 0.15) is 11.1 Å². The SMILES string of the molecule is Cc1cc(C)c2c(c1)N(C)CC(C1=NCCN1)O2. The van der Waals surface area contributed by atoms with Crippen LogP contribution in [0.2, 0.25) is 0 Å². The lowest BCUT2D eigenvalue weighted by Crippen LogP contribution is -2.46. The van der Waals surface area contributed by atoms with Gasteiger partial charge in [-0.05, 0) is 31.0 Å². The van der Waals surface area contributed by atoms with Gasteiger partial charge in [0.2, 0.25) is 0 Å². The molecule has 0 saturated heterocycles. The van der Waals surface area contributed by atoms with Gasteiger partial charge in [-0.3, -0.25) is 4.99 Å². The predicted molar refractivity (Wildman–Crippen MR) is 73.9 cm³/mol. The Morgan fingerprint density at radius 1 is 1.39 bits per heavy atom. The van der Waals surface area contributed by atoms with Gasteiger partial charge in [-0.25, -0.2) is 0 Å². The van der Waals surface area contributed by atoms with Crippen molar-refractivity contribution in [2.75, 3.05) is 31.6 Å². The number of aliphatic imine (C=N–C) groups is 1. The number of hydrogen-bond donors (Lipinski definition) is 1. The van der Waals surface area contributed by atoms with Crippen LogP contribution in [-0.4, -0.2) is 38.6 Å². The molecule has 1 N–H and O–H groups in total. The first-order chi connectivity index (χ1) is 8.65. The molecule has 2 aliphatic rings. The molecule has 3 rings (SSSR count). The van der Waals surface area contributed by atoms with Crippen LogP contribution < -0.4 is 15.0 Å². The summed E-state index contributed by atoms with van der Waals surface area (Å²) in [4.78, 5) is 6.72. The van der Waals surface area contributed by atoms with Crippen LogP contribution in [0.15, 0.2) is 17.1 Å². The van der Waals surface area contributed by atoms with Crippen molar-refractivity contribution in [1.82, 2.24) is 5.32 Å². The maximum Gasteiger partial charge on any atom is 0.173 e. The lowest BCUT2D eigenvalue weighted by atomic mass is 10.1. The number of nitrogens with one attached hydrogen (secondary N) is 1. The molecule has 0 aliphatic carbocycles. The van der Waals surface area contributed by atoms with Gasteiger partial charge in [0.25, 0.3) is 0 Å². The van der Waals surface area contributed by atoms with E-state index in [4.69, 9.17) is 4.74 Å². The van der Waals surface area contributed by atoms with Crippen molar-refractivity contribution in [1.29, 1.82) is 0 Å². The normalized spacial score (nSPS) is 22.1. The summed E-state index contributed by atoms with van der Waals surface area (Å²) in [5.41, 5.74) is 3.65. The van der Waals surface area contributed by atoms with Gasteiger partial charge in [-0.15, -0.1) is 0 Å². The van der Waals surface area contributed by atoms with Crippen LogP contribution in [0.4, 0.5) is 5.69 Å². The summed E-state index contributed by atoms with van der Waals surface area (Å²) < 4.78 is 6.14. The van der Waals surface area contributed by atoms with Crippen molar-refractivity contribution in [2.45, 2.75) is 20.0 Å². The number of anilines is 1. The highest BCUT2D eigenvalue weighted by Gasteiger charge is 2.29. The number of nitrogens with zero attached hydrogens (tertiary/aromatic N) is 2. The molecular formula is C14H19N3O. The first-order valence-corrected chi connectivity index (χ1v) is 6.42. The Bertz CT molecular complexity index is 510. The average Bonchev–Trinajstić information content (AvgIpc) is 2.83. The quantitative estimate of drug-likeness (QED) is 0.814. The summed E-state index contributed by atoms with van der Waals surface area (Å²) in [6.07, 6.45) is 0.0337. The average molecular weight is 245 g/mol. The third-order valence-electron chi connectivity index (χ3n) is 3.52. The molecule has 0 spiro atoms. The topological polar surface area (TPSA) is 36.9 Å². The Balaban J connectivity index is 1.96. The van der Waals surface area contributed by atoms with Crippen LogP contribution in [0.5, 0.6) is 5.75 Å². The summed E-state index contributed by atoms with van der Waals surface area (Å²) in [5, 5.41) is 3.31. The molecule has 1 unspecified atom stereocenters. The molecule has 2 heterocycles. The summed E-state index contributed by atoms with van der Waals surface area (Å²) in [5.74, 6) is 1.99. The number of ether oxygens (including phenoxy) is 1. The zero-order valence-corrected chi connectivity index (χ0v) is 11.2. The van der Waals surface area contributed by atoms with Crippen LogP contribution in [-0.2, 0) is 0 Å². The fraction of sp³-hybridized carbons (Fsp3) is 0.500. The van der Waals surface area contributed by atoms with E-state index >= 15 is 0 Å². The Morgan fingerprint density at radius 3 is 2.94 bits per heavy atom. The molecule has 0 radical (unpaired) electrons. The molecule has 1 aromatic rings. The number of aryl methyl sites for hydroxylation is 2. The number of hydrogen-bond acceptors (Lipinski definition) is 4. The summed E-state index contributed by atoms with van der Waals surface area (Å²) in [7, 11) is 2.11.